The number of anilines is 3. The van der Waals surface area contributed by atoms with Crippen molar-refractivity contribution < 1.29 is 0 Å². The van der Waals surface area contributed by atoms with Crippen molar-refractivity contribution in [1.29, 1.82) is 0 Å². The third kappa shape index (κ3) is 7.18. The molecule has 2 aliphatic carbocycles. The van der Waals surface area contributed by atoms with E-state index in [1.165, 1.54) is 97.2 Å². The lowest BCUT2D eigenvalue weighted by atomic mass is 9.82. The average molecular weight is 815 g/mol. The molecular formula is C61H54N2. The van der Waals surface area contributed by atoms with Gasteiger partial charge in [0.15, 0.2) is 0 Å². The Morgan fingerprint density at radius 2 is 1.27 bits per heavy atom. The number of hydrogen-bond acceptors (Lipinski definition) is 1. The van der Waals surface area contributed by atoms with Crippen molar-refractivity contribution in [2.45, 2.75) is 58.3 Å². The van der Waals surface area contributed by atoms with Crippen LogP contribution < -0.4 is 4.90 Å². The molecular weight excluding hydrogens is 761 g/mol. The summed E-state index contributed by atoms with van der Waals surface area (Å²) in [6, 6.07) is 67.9. The number of benzene rings is 8. The first-order chi connectivity index (χ1) is 31.1. The molecule has 2 aliphatic rings. The molecule has 1 saturated carbocycles. The first-order valence-electron chi connectivity index (χ1n) is 23.2. The number of aromatic nitrogens is 1. The van der Waals surface area contributed by atoms with E-state index in [9.17, 15) is 0 Å². The zero-order valence-electron chi connectivity index (χ0n) is 36.4. The third-order valence-electron chi connectivity index (χ3n) is 14.1. The number of nitrogens with zero attached hydrogens (tertiary/aromatic N) is 2. The molecule has 8 aromatic carbocycles. The quantitative estimate of drug-likeness (QED) is 0.134. The Kier molecular flexibility index (Phi) is 10.4. The minimum atomic E-state index is 0.645. The Bertz CT molecular complexity index is 3140. The summed E-state index contributed by atoms with van der Waals surface area (Å²) in [5.41, 5.74) is 15.9. The van der Waals surface area contributed by atoms with Crippen LogP contribution in [0.1, 0.15) is 69.4 Å². The Morgan fingerprint density at radius 1 is 0.587 bits per heavy atom. The maximum atomic E-state index is 2.48. The van der Waals surface area contributed by atoms with Crippen LogP contribution in [-0.2, 0) is 0 Å². The van der Waals surface area contributed by atoms with Crippen LogP contribution >= 0.6 is 0 Å². The van der Waals surface area contributed by atoms with Gasteiger partial charge in [-0.3, -0.25) is 0 Å². The lowest BCUT2D eigenvalue weighted by Crippen LogP contribution is -2.11. The van der Waals surface area contributed by atoms with E-state index < -0.39 is 0 Å². The second kappa shape index (κ2) is 16.8. The van der Waals surface area contributed by atoms with Gasteiger partial charge in [-0.1, -0.05) is 172 Å². The third-order valence-corrected chi connectivity index (χ3v) is 14.1. The Balaban J connectivity index is 1.07. The highest BCUT2D eigenvalue weighted by Gasteiger charge is 2.29. The van der Waals surface area contributed by atoms with Crippen molar-refractivity contribution in [3.8, 4) is 27.9 Å². The average Bonchev–Trinajstić information content (AvgIpc) is 3.93. The van der Waals surface area contributed by atoms with Crippen LogP contribution in [0.25, 0.3) is 66.1 Å². The lowest BCUT2D eigenvalue weighted by Gasteiger charge is -2.29. The molecule has 0 spiro atoms. The molecule has 2 heteroatoms. The molecule has 9 aromatic rings. The topological polar surface area (TPSA) is 8.17 Å². The van der Waals surface area contributed by atoms with Gasteiger partial charge in [-0.25, -0.2) is 0 Å². The summed E-state index contributed by atoms with van der Waals surface area (Å²) in [7, 11) is 0. The summed E-state index contributed by atoms with van der Waals surface area (Å²) in [6.07, 6.45) is 14.5. The lowest BCUT2D eigenvalue weighted by molar-refractivity contribution is 0.410. The second-order valence-electron chi connectivity index (χ2n) is 18.0. The first-order valence-corrected chi connectivity index (χ1v) is 23.2. The molecule has 0 N–H and O–H groups in total. The van der Waals surface area contributed by atoms with Gasteiger partial charge in [-0.2, -0.15) is 0 Å². The number of hydrogen-bond donors (Lipinski definition) is 0. The van der Waals surface area contributed by atoms with Crippen molar-refractivity contribution in [3.63, 3.8) is 0 Å². The number of para-hydroxylation sites is 3. The molecule has 0 radical (unpaired) electrons. The molecule has 0 saturated heterocycles. The van der Waals surface area contributed by atoms with Crippen molar-refractivity contribution in [1.82, 2.24) is 4.57 Å². The van der Waals surface area contributed by atoms with Crippen LogP contribution in [-0.4, -0.2) is 4.57 Å². The molecule has 1 aromatic heterocycles. The van der Waals surface area contributed by atoms with Crippen molar-refractivity contribution in [2.75, 3.05) is 4.90 Å². The Labute approximate surface area is 372 Å². The summed E-state index contributed by atoms with van der Waals surface area (Å²) in [6.45, 7) is 4.80. The van der Waals surface area contributed by atoms with Gasteiger partial charge in [-0.05, 0) is 143 Å². The van der Waals surface area contributed by atoms with Gasteiger partial charge in [0, 0.05) is 33.4 Å². The van der Waals surface area contributed by atoms with E-state index in [1.54, 1.807) is 0 Å². The molecule has 1 fully saturated rings. The Hall–Kier alpha value is -6.90. The molecule has 63 heavy (non-hydrogen) atoms. The van der Waals surface area contributed by atoms with E-state index in [2.05, 4.69) is 224 Å². The molecule has 3 unspecified atom stereocenters. The summed E-state index contributed by atoms with van der Waals surface area (Å²) in [5, 5.41) is 5.03. The van der Waals surface area contributed by atoms with Gasteiger partial charge in [0.05, 0.1) is 16.7 Å². The maximum absolute atomic E-state index is 2.48. The fraction of sp³-hybridized carbons (Fsp3) is 0.180. The van der Waals surface area contributed by atoms with Gasteiger partial charge < -0.3 is 9.47 Å². The predicted octanol–water partition coefficient (Wildman–Crippen LogP) is 17.4. The van der Waals surface area contributed by atoms with E-state index in [0.29, 0.717) is 5.92 Å². The van der Waals surface area contributed by atoms with Crippen molar-refractivity contribution >= 4 is 55.2 Å². The van der Waals surface area contributed by atoms with E-state index in [4.69, 9.17) is 0 Å². The van der Waals surface area contributed by atoms with Crippen LogP contribution in [0.2, 0.25) is 0 Å². The minimum Gasteiger partial charge on any atom is -0.310 e. The molecule has 0 amide bonds. The fourth-order valence-electron chi connectivity index (χ4n) is 11.1. The van der Waals surface area contributed by atoms with Gasteiger partial charge >= 0.3 is 0 Å². The second-order valence-corrected chi connectivity index (χ2v) is 18.0. The highest BCUT2D eigenvalue weighted by Crippen LogP contribution is 2.47. The zero-order valence-corrected chi connectivity index (χ0v) is 36.4. The van der Waals surface area contributed by atoms with Gasteiger partial charge in [0.1, 0.15) is 0 Å². The standard InChI is InChI=1S/C61H54N2/c1-3-52(48-29-28-42(2)40-48)46-32-30-43(31-33-46)44-34-36-50(37-35-44)62(51-38-39-56-54-22-10-13-27-59(54)63(60(56)41-51)49-20-8-5-9-21-49)58-26-12-11-23-55(58)57-25-15-19-47-18-14-24-53(61(47)57)45-16-6-4-7-17-45/h5-6,8-27,30-39,41-42,48,52H,3-4,7,28-29,40H2,1-2H3. The number of fused-ring (bicyclic) bond motifs is 4. The van der Waals surface area contributed by atoms with Crippen LogP contribution in [0.5, 0.6) is 0 Å². The number of allylic oxidation sites excluding steroid dienone is 4. The molecule has 11 rings (SSSR count). The Morgan fingerprint density at radius 3 is 2.02 bits per heavy atom. The van der Waals surface area contributed by atoms with Crippen LogP contribution in [0.4, 0.5) is 17.1 Å². The van der Waals surface area contributed by atoms with Crippen molar-refractivity contribution in [3.05, 3.63) is 211 Å². The molecule has 1 heterocycles. The van der Waals surface area contributed by atoms with E-state index >= 15 is 0 Å². The predicted molar refractivity (Wildman–Crippen MR) is 270 cm³/mol. The highest BCUT2D eigenvalue weighted by molar-refractivity contribution is 6.11. The monoisotopic (exact) mass is 814 g/mol. The smallest absolute Gasteiger partial charge is 0.0561 e. The summed E-state index contributed by atoms with van der Waals surface area (Å²) in [5.74, 6) is 2.30. The van der Waals surface area contributed by atoms with E-state index in [-0.39, 0.29) is 0 Å². The normalized spacial score (nSPS) is 16.8. The summed E-state index contributed by atoms with van der Waals surface area (Å²) >= 11 is 0. The maximum Gasteiger partial charge on any atom is 0.0561 e. The van der Waals surface area contributed by atoms with Crippen LogP contribution in [0, 0.1) is 11.8 Å². The van der Waals surface area contributed by atoms with E-state index in [0.717, 1.165) is 47.4 Å². The largest absolute Gasteiger partial charge is 0.310 e. The highest BCUT2D eigenvalue weighted by atomic mass is 15.1. The fourth-order valence-corrected chi connectivity index (χ4v) is 11.1. The minimum absolute atomic E-state index is 0.645. The van der Waals surface area contributed by atoms with Crippen LogP contribution in [0.15, 0.2) is 200 Å². The van der Waals surface area contributed by atoms with Gasteiger partial charge in [0.25, 0.3) is 0 Å². The van der Waals surface area contributed by atoms with Crippen molar-refractivity contribution in [2.24, 2.45) is 11.8 Å². The molecule has 0 bridgehead atoms. The zero-order chi connectivity index (χ0) is 42.3. The van der Waals surface area contributed by atoms with Gasteiger partial charge in [-0.15, -0.1) is 0 Å². The van der Waals surface area contributed by atoms with Gasteiger partial charge in [0.2, 0.25) is 0 Å². The van der Waals surface area contributed by atoms with E-state index in [1.807, 2.05) is 0 Å². The molecule has 3 atom stereocenters. The summed E-state index contributed by atoms with van der Waals surface area (Å²) in [4.78, 5) is 2.48. The SMILES string of the molecule is CCC(c1ccc(-c2ccc(N(c3ccc4c5ccccc5n(-c5ccccc5)c4c3)c3ccccc3-c3cccc4cccc(C5=CCCC=C5)c34)cc2)cc1)C1CCC(C)C1. The first kappa shape index (κ1) is 39.0. The molecule has 2 nitrogen and oxygen atoms in total. The van der Waals surface area contributed by atoms with Crippen LogP contribution in [0.3, 0.4) is 0 Å². The number of rotatable bonds is 10. The molecule has 308 valence electrons. The summed E-state index contributed by atoms with van der Waals surface area (Å²) < 4.78 is 2.42. The molecule has 0 aliphatic heterocycles.